The number of hydrogen-bond acceptors (Lipinski definition) is 5. The van der Waals surface area contributed by atoms with Gasteiger partial charge in [0.25, 0.3) is 5.56 Å². The molecule has 0 atom stereocenters. The van der Waals surface area contributed by atoms with E-state index in [1.165, 1.54) is 6.07 Å². The van der Waals surface area contributed by atoms with Crippen LogP contribution in [0.1, 0.15) is 16.8 Å². The average molecular weight is 369 g/mol. The van der Waals surface area contributed by atoms with E-state index in [1.54, 1.807) is 12.3 Å². The van der Waals surface area contributed by atoms with E-state index in [2.05, 4.69) is 19.9 Å². The molecule has 4 rings (SSSR count). The van der Waals surface area contributed by atoms with E-state index in [4.69, 9.17) is 5.73 Å². The van der Waals surface area contributed by atoms with Gasteiger partial charge in [-0.25, -0.2) is 13.8 Å². The number of H-pyrrole nitrogens is 1. The summed E-state index contributed by atoms with van der Waals surface area (Å²) in [7, 11) is 0. The Morgan fingerprint density at radius 2 is 2.04 bits per heavy atom. The van der Waals surface area contributed by atoms with Crippen LogP contribution in [0, 0.1) is 11.6 Å². The van der Waals surface area contributed by atoms with Crippen LogP contribution in [0.15, 0.2) is 41.3 Å². The first-order valence-corrected chi connectivity index (χ1v) is 8.50. The topological polar surface area (TPSA) is 87.9 Å². The monoisotopic (exact) mass is 369 g/mol. The molecule has 3 aromatic rings. The molecule has 0 unspecified atom stereocenters. The predicted octanol–water partition coefficient (Wildman–Crippen LogP) is 2.25. The Bertz CT molecular complexity index is 1050. The molecule has 0 fully saturated rings. The van der Waals surface area contributed by atoms with Crippen LogP contribution < -0.4 is 11.3 Å². The Morgan fingerprint density at radius 3 is 2.78 bits per heavy atom. The molecular formula is C19H17F2N5O. The highest BCUT2D eigenvalue weighted by atomic mass is 19.2. The molecule has 0 spiro atoms. The number of benzene rings is 1. The highest BCUT2D eigenvalue weighted by molar-refractivity contribution is 5.59. The van der Waals surface area contributed by atoms with E-state index in [0.717, 1.165) is 29.9 Å². The number of nitrogen functional groups attached to an aromatic ring is 1. The van der Waals surface area contributed by atoms with Crippen molar-refractivity contribution in [3.63, 3.8) is 0 Å². The van der Waals surface area contributed by atoms with Crippen LogP contribution >= 0.6 is 0 Å². The smallest absolute Gasteiger partial charge is 0.257 e. The molecule has 0 amide bonds. The van der Waals surface area contributed by atoms with Gasteiger partial charge in [-0.2, -0.15) is 0 Å². The third-order valence-corrected chi connectivity index (χ3v) is 4.61. The summed E-state index contributed by atoms with van der Waals surface area (Å²) >= 11 is 0. The highest BCUT2D eigenvalue weighted by Gasteiger charge is 2.21. The van der Waals surface area contributed by atoms with E-state index in [9.17, 15) is 13.6 Å². The standard InChI is InChI=1S/C19H17F2N5O/c20-14-3-2-12(7-15(14)21)16-4-1-11(8-23-16)9-26-6-5-17-13(10-26)18(27)25-19(22)24-17/h1-4,7-8H,5-6,9-10H2,(H3,22,24,25,27). The zero-order valence-electron chi connectivity index (χ0n) is 14.4. The molecule has 2 aromatic heterocycles. The summed E-state index contributed by atoms with van der Waals surface area (Å²) in [5.74, 6) is -1.64. The number of hydrogen-bond donors (Lipinski definition) is 2. The van der Waals surface area contributed by atoms with Crippen molar-refractivity contribution in [1.29, 1.82) is 0 Å². The fraction of sp³-hybridized carbons (Fsp3) is 0.211. The molecule has 3 heterocycles. The van der Waals surface area contributed by atoms with Crippen LogP contribution in [-0.2, 0) is 19.5 Å². The van der Waals surface area contributed by atoms with Gasteiger partial charge >= 0.3 is 0 Å². The summed E-state index contributed by atoms with van der Waals surface area (Å²) < 4.78 is 26.4. The quantitative estimate of drug-likeness (QED) is 0.739. The molecule has 138 valence electrons. The number of nitrogens with two attached hydrogens (primary N) is 1. The lowest BCUT2D eigenvalue weighted by atomic mass is 10.1. The zero-order chi connectivity index (χ0) is 19.0. The van der Waals surface area contributed by atoms with Crippen LogP contribution in [-0.4, -0.2) is 26.4 Å². The van der Waals surface area contributed by atoms with Gasteiger partial charge in [-0.15, -0.1) is 0 Å². The number of nitrogens with zero attached hydrogens (tertiary/aromatic N) is 3. The molecule has 8 heteroatoms. The van der Waals surface area contributed by atoms with E-state index < -0.39 is 11.6 Å². The summed E-state index contributed by atoms with van der Waals surface area (Å²) in [6.07, 6.45) is 2.36. The summed E-state index contributed by atoms with van der Waals surface area (Å²) in [4.78, 5) is 25.3. The van der Waals surface area contributed by atoms with E-state index in [1.807, 2.05) is 6.07 Å². The number of rotatable bonds is 3. The number of aromatic nitrogens is 3. The Kier molecular flexibility index (Phi) is 4.41. The maximum Gasteiger partial charge on any atom is 0.257 e. The third-order valence-electron chi connectivity index (χ3n) is 4.61. The average Bonchev–Trinajstić information content (AvgIpc) is 2.65. The second kappa shape index (κ2) is 6.88. The SMILES string of the molecule is Nc1nc2c(c(=O)[nH]1)CN(Cc1ccc(-c3ccc(F)c(F)c3)nc1)CC2. The zero-order valence-corrected chi connectivity index (χ0v) is 14.4. The van der Waals surface area contributed by atoms with Crippen molar-refractivity contribution in [3.8, 4) is 11.3 Å². The van der Waals surface area contributed by atoms with Crippen molar-refractivity contribution < 1.29 is 8.78 Å². The maximum atomic E-state index is 13.4. The van der Waals surface area contributed by atoms with Crippen LogP contribution in [0.2, 0.25) is 0 Å². The minimum Gasteiger partial charge on any atom is -0.369 e. The minimum absolute atomic E-state index is 0.143. The third kappa shape index (κ3) is 3.56. The largest absolute Gasteiger partial charge is 0.369 e. The molecule has 1 aliphatic rings. The fourth-order valence-corrected chi connectivity index (χ4v) is 3.24. The van der Waals surface area contributed by atoms with Gasteiger partial charge in [0.05, 0.1) is 17.0 Å². The Balaban J connectivity index is 1.49. The van der Waals surface area contributed by atoms with Crippen molar-refractivity contribution in [2.75, 3.05) is 12.3 Å². The summed E-state index contributed by atoms with van der Waals surface area (Å²) in [6.45, 7) is 1.87. The lowest BCUT2D eigenvalue weighted by Crippen LogP contribution is -2.35. The first-order valence-electron chi connectivity index (χ1n) is 8.50. The van der Waals surface area contributed by atoms with Gasteiger partial charge < -0.3 is 5.73 Å². The molecule has 1 aliphatic heterocycles. The number of halogens is 2. The molecule has 0 saturated heterocycles. The van der Waals surface area contributed by atoms with E-state index in [0.29, 0.717) is 36.3 Å². The summed E-state index contributed by atoms with van der Waals surface area (Å²) in [6, 6.07) is 7.38. The molecule has 27 heavy (non-hydrogen) atoms. The van der Waals surface area contributed by atoms with Gasteiger partial charge in [-0.05, 0) is 29.8 Å². The maximum absolute atomic E-state index is 13.4. The van der Waals surface area contributed by atoms with Crippen molar-refractivity contribution >= 4 is 5.95 Å². The number of anilines is 1. The van der Waals surface area contributed by atoms with Gasteiger partial charge in [-0.3, -0.25) is 19.7 Å². The molecule has 1 aromatic carbocycles. The second-order valence-electron chi connectivity index (χ2n) is 6.52. The van der Waals surface area contributed by atoms with Crippen molar-refractivity contribution in [2.45, 2.75) is 19.5 Å². The van der Waals surface area contributed by atoms with Crippen LogP contribution in [0.25, 0.3) is 11.3 Å². The summed E-state index contributed by atoms with van der Waals surface area (Å²) in [5.41, 5.74) is 8.82. The molecule has 3 N–H and O–H groups in total. The van der Waals surface area contributed by atoms with E-state index in [-0.39, 0.29) is 11.5 Å². The lowest BCUT2D eigenvalue weighted by molar-refractivity contribution is 0.241. The normalized spacial score (nSPS) is 14.1. The predicted molar refractivity (Wildman–Crippen MR) is 96.7 cm³/mol. The molecule has 0 aliphatic carbocycles. The lowest BCUT2D eigenvalue weighted by Gasteiger charge is -2.27. The van der Waals surface area contributed by atoms with Gasteiger partial charge in [0.2, 0.25) is 5.95 Å². The molecule has 6 nitrogen and oxygen atoms in total. The second-order valence-corrected chi connectivity index (χ2v) is 6.52. The van der Waals surface area contributed by atoms with Crippen LogP contribution in [0.3, 0.4) is 0 Å². The first-order chi connectivity index (χ1) is 13.0. The molecule has 0 radical (unpaired) electrons. The van der Waals surface area contributed by atoms with Crippen molar-refractivity contribution in [2.24, 2.45) is 0 Å². The van der Waals surface area contributed by atoms with Crippen LogP contribution in [0.4, 0.5) is 14.7 Å². The molecular weight excluding hydrogens is 352 g/mol. The van der Waals surface area contributed by atoms with Gasteiger partial charge in [-0.1, -0.05) is 6.07 Å². The van der Waals surface area contributed by atoms with Gasteiger partial charge in [0.1, 0.15) is 0 Å². The number of pyridine rings is 1. The number of fused-ring (bicyclic) bond motifs is 1. The van der Waals surface area contributed by atoms with Gasteiger partial charge in [0.15, 0.2) is 11.6 Å². The van der Waals surface area contributed by atoms with E-state index >= 15 is 0 Å². The fourth-order valence-electron chi connectivity index (χ4n) is 3.24. The Labute approximate surface area is 153 Å². The van der Waals surface area contributed by atoms with Crippen LogP contribution in [0.5, 0.6) is 0 Å². The Morgan fingerprint density at radius 1 is 1.19 bits per heavy atom. The molecule has 0 saturated carbocycles. The highest BCUT2D eigenvalue weighted by Crippen LogP contribution is 2.21. The van der Waals surface area contributed by atoms with Gasteiger partial charge in [0, 0.05) is 37.8 Å². The van der Waals surface area contributed by atoms with Crippen molar-refractivity contribution in [1.82, 2.24) is 19.9 Å². The molecule has 0 bridgehead atoms. The number of aromatic amines is 1. The Hall–Kier alpha value is -3.13. The number of nitrogens with one attached hydrogen (secondary N) is 1. The van der Waals surface area contributed by atoms with Crippen molar-refractivity contribution in [3.05, 3.63) is 75.3 Å². The summed E-state index contributed by atoms with van der Waals surface area (Å²) in [5, 5.41) is 0. The first kappa shape index (κ1) is 17.3. The minimum atomic E-state index is -0.898.